The number of rotatable bonds is 5. The molecule has 0 aromatic heterocycles. The summed E-state index contributed by atoms with van der Waals surface area (Å²) in [5.74, 6) is -0.482. The molecule has 2 rings (SSSR count). The topological polar surface area (TPSA) is 78.7 Å². The molecule has 1 aromatic carbocycles. The third kappa shape index (κ3) is 5.65. The van der Waals surface area contributed by atoms with Gasteiger partial charge in [0.2, 0.25) is 11.8 Å². The number of hydrogen-bond donors (Lipinski definition) is 2. The SMILES string of the molecule is CC(N)C(=O)NCCC(=O)N1CCN(c2ccc(F)cc2)CC1.Cl. The molecule has 1 saturated heterocycles. The Bertz CT molecular complexity index is 546. The molecule has 8 heteroatoms. The van der Waals surface area contributed by atoms with Crippen molar-refractivity contribution in [2.24, 2.45) is 5.73 Å². The van der Waals surface area contributed by atoms with Crippen LogP contribution in [0.2, 0.25) is 0 Å². The van der Waals surface area contributed by atoms with E-state index in [1.807, 2.05) is 0 Å². The summed E-state index contributed by atoms with van der Waals surface area (Å²) >= 11 is 0. The maximum Gasteiger partial charge on any atom is 0.236 e. The number of carbonyl (C=O) groups excluding carboxylic acids is 2. The summed E-state index contributed by atoms with van der Waals surface area (Å²) in [6.07, 6.45) is 0.273. The predicted octanol–water partition coefficient (Wildman–Crippen LogP) is 0.750. The lowest BCUT2D eigenvalue weighted by Gasteiger charge is -2.36. The van der Waals surface area contributed by atoms with Gasteiger partial charge >= 0.3 is 0 Å². The molecule has 1 heterocycles. The van der Waals surface area contributed by atoms with E-state index < -0.39 is 6.04 Å². The van der Waals surface area contributed by atoms with Crippen LogP contribution in [0.5, 0.6) is 0 Å². The van der Waals surface area contributed by atoms with Crippen LogP contribution in [0.15, 0.2) is 24.3 Å². The summed E-state index contributed by atoms with van der Waals surface area (Å²) in [4.78, 5) is 27.4. The van der Waals surface area contributed by atoms with Gasteiger partial charge in [0.25, 0.3) is 0 Å². The van der Waals surface area contributed by atoms with Crippen LogP contribution in [-0.4, -0.2) is 55.5 Å². The molecule has 0 aliphatic carbocycles. The second kappa shape index (κ2) is 9.44. The first kappa shape index (κ1) is 20.2. The molecular weight excluding hydrogens is 335 g/mol. The van der Waals surface area contributed by atoms with Crippen molar-refractivity contribution in [3.8, 4) is 0 Å². The zero-order chi connectivity index (χ0) is 16.8. The van der Waals surface area contributed by atoms with Crippen LogP contribution in [0.1, 0.15) is 13.3 Å². The Hall–Kier alpha value is -1.86. The van der Waals surface area contributed by atoms with E-state index in [-0.39, 0.29) is 36.5 Å². The van der Waals surface area contributed by atoms with Crippen molar-refractivity contribution in [1.82, 2.24) is 10.2 Å². The molecule has 6 nitrogen and oxygen atoms in total. The van der Waals surface area contributed by atoms with Crippen molar-refractivity contribution in [3.05, 3.63) is 30.1 Å². The maximum atomic E-state index is 12.9. The average molecular weight is 359 g/mol. The first-order valence-corrected chi connectivity index (χ1v) is 7.79. The molecule has 134 valence electrons. The highest BCUT2D eigenvalue weighted by Crippen LogP contribution is 2.17. The Morgan fingerprint density at radius 3 is 2.33 bits per heavy atom. The van der Waals surface area contributed by atoms with Gasteiger partial charge in [-0.3, -0.25) is 9.59 Å². The fourth-order valence-corrected chi connectivity index (χ4v) is 2.48. The molecule has 24 heavy (non-hydrogen) atoms. The summed E-state index contributed by atoms with van der Waals surface area (Å²) < 4.78 is 12.9. The summed E-state index contributed by atoms with van der Waals surface area (Å²) in [7, 11) is 0. The van der Waals surface area contributed by atoms with E-state index in [1.165, 1.54) is 12.1 Å². The van der Waals surface area contributed by atoms with Crippen LogP contribution in [0.4, 0.5) is 10.1 Å². The van der Waals surface area contributed by atoms with Crippen molar-refractivity contribution >= 4 is 29.9 Å². The van der Waals surface area contributed by atoms with Crippen LogP contribution >= 0.6 is 12.4 Å². The van der Waals surface area contributed by atoms with E-state index >= 15 is 0 Å². The second-order valence-corrected chi connectivity index (χ2v) is 5.67. The summed E-state index contributed by atoms with van der Waals surface area (Å²) in [5.41, 5.74) is 6.40. The van der Waals surface area contributed by atoms with Gasteiger partial charge in [-0.25, -0.2) is 4.39 Å². The van der Waals surface area contributed by atoms with Crippen molar-refractivity contribution in [2.75, 3.05) is 37.6 Å². The maximum absolute atomic E-state index is 12.9. The average Bonchev–Trinajstić information content (AvgIpc) is 2.55. The molecule has 2 amide bonds. The number of piperazine rings is 1. The molecule has 0 bridgehead atoms. The zero-order valence-corrected chi connectivity index (χ0v) is 14.5. The predicted molar refractivity (Wildman–Crippen MR) is 93.7 cm³/mol. The van der Waals surface area contributed by atoms with Gasteiger partial charge in [-0.2, -0.15) is 0 Å². The highest BCUT2D eigenvalue weighted by molar-refractivity contribution is 5.85. The summed E-state index contributed by atoms with van der Waals surface area (Å²) in [6.45, 7) is 4.57. The summed E-state index contributed by atoms with van der Waals surface area (Å²) in [6, 6.07) is 5.80. The van der Waals surface area contributed by atoms with Crippen LogP contribution in [0.25, 0.3) is 0 Å². The minimum Gasteiger partial charge on any atom is -0.368 e. The number of carbonyl (C=O) groups is 2. The van der Waals surface area contributed by atoms with E-state index in [2.05, 4.69) is 10.2 Å². The molecule has 0 spiro atoms. The monoisotopic (exact) mass is 358 g/mol. The van der Waals surface area contributed by atoms with Crippen LogP contribution in [0, 0.1) is 5.82 Å². The van der Waals surface area contributed by atoms with Gasteiger partial charge in [0, 0.05) is 44.8 Å². The lowest BCUT2D eigenvalue weighted by Crippen LogP contribution is -2.49. The number of anilines is 1. The Morgan fingerprint density at radius 2 is 1.79 bits per heavy atom. The van der Waals surface area contributed by atoms with Crippen molar-refractivity contribution in [1.29, 1.82) is 0 Å². The molecule has 0 saturated carbocycles. The van der Waals surface area contributed by atoms with E-state index in [4.69, 9.17) is 5.73 Å². The minimum atomic E-state index is -0.565. The Kier molecular flexibility index (Phi) is 7.94. The number of nitrogens with one attached hydrogen (secondary N) is 1. The molecule has 3 N–H and O–H groups in total. The van der Waals surface area contributed by atoms with Gasteiger partial charge in [0.1, 0.15) is 5.82 Å². The van der Waals surface area contributed by atoms with Gasteiger partial charge in [-0.05, 0) is 31.2 Å². The molecule has 1 fully saturated rings. The van der Waals surface area contributed by atoms with Crippen molar-refractivity contribution in [2.45, 2.75) is 19.4 Å². The number of amides is 2. The molecule has 1 atom stereocenters. The van der Waals surface area contributed by atoms with E-state index in [0.29, 0.717) is 32.7 Å². The smallest absolute Gasteiger partial charge is 0.236 e. The minimum absolute atomic E-state index is 0. The van der Waals surface area contributed by atoms with Gasteiger partial charge in [-0.15, -0.1) is 12.4 Å². The standard InChI is InChI=1S/C16H23FN4O2.ClH/c1-12(18)16(23)19-7-6-15(22)21-10-8-20(9-11-21)14-4-2-13(17)3-5-14;/h2-5,12H,6-11,18H2,1H3,(H,19,23);1H. The second-order valence-electron chi connectivity index (χ2n) is 5.67. The number of nitrogens with two attached hydrogens (primary N) is 1. The van der Waals surface area contributed by atoms with Gasteiger partial charge < -0.3 is 20.9 Å². The quantitative estimate of drug-likeness (QED) is 0.814. The van der Waals surface area contributed by atoms with Gasteiger partial charge in [-0.1, -0.05) is 0 Å². The van der Waals surface area contributed by atoms with Crippen LogP contribution in [0.3, 0.4) is 0 Å². The molecule has 1 aliphatic rings. The first-order chi connectivity index (χ1) is 11.0. The fraction of sp³-hybridized carbons (Fsp3) is 0.500. The zero-order valence-electron chi connectivity index (χ0n) is 13.7. The van der Waals surface area contributed by atoms with Crippen LogP contribution < -0.4 is 16.0 Å². The van der Waals surface area contributed by atoms with E-state index in [9.17, 15) is 14.0 Å². The molecule has 1 aliphatic heterocycles. The Morgan fingerprint density at radius 1 is 1.21 bits per heavy atom. The molecule has 0 radical (unpaired) electrons. The third-order valence-electron chi connectivity index (χ3n) is 3.88. The Labute approximate surface area is 147 Å². The van der Waals surface area contributed by atoms with Gasteiger partial charge in [0.05, 0.1) is 6.04 Å². The van der Waals surface area contributed by atoms with Crippen molar-refractivity contribution in [3.63, 3.8) is 0 Å². The van der Waals surface area contributed by atoms with Gasteiger partial charge in [0.15, 0.2) is 0 Å². The largest absolute Gasteiger partial charge is 0.368 e. The lowest BCUT2D eigenvalue weighted by atomic mass is 10.2. The van der Waals surface area contributed by atoms with Crippen molar-refractivity contribution < 1.29 is 14.0 Å². The Balaban J connectivity index is 0.00000288. The molecular formula is C16H24ClFN4O2. The number of hydrogen-bond acceptors (Lipinski definition) is 4. The number of nitrogens with zero attached hydrogens (tertiary/aromatic N) is 2. The highest BCUT2D eigenvalue weighted by atomic mass is 35.5. The lowest BCUT2D eigenvalue weighted by molar-refractivity contribution is -0.131. The fourth-order valence-electron chi connectivity index (χ4n) is 2.48. The highest BCUT2D eigenvalue weighted by Gasteiger charge is 2.21. The molecule has 1 unspecified atom stereocenters. The number of halogens is 2. The normalized spacial score (nSPS) is 15.5. The number of benzene rings is 1. The summed E-state index contributed by atoms with van der Waals surface area (Å²) in [5, 5.41) is 2.63. The van der Waals surface area contributed by atoms with E-state index in [0.717, 1.165) is 5.69 Å². The first-order valence-electron chi connectivity index (χ1n) is 7.79. The third-order valence-corrected chi connectivity index (χ3v) is 3.88. The van der Waals surface area contributed by atoms with E-state index in [1.54, 1.807) is 24.0 Å². The molecule has 1 aromatic rings. The van der Waals surface area contributed by atoms with Crippen LogP contribution in [-0.2, 0) is 9.59 Å².